The number of carboxylic acids is 2. The summed E-state index contributed by atoms with van der Waals surface area (Å²) in [5.74, 6) is -2.00. The van der Waals surface area contributed by atoms with Gasteiger partial charge in [-0.25, -0.2) is 0 Å². The van der Waals surface area contributed by atoms with Gasteiger partial charge in [0, 0.05) is 12.1 Å². The summed E-state index contributed by atoms with van der Waals surface area (Å²) >= 11 is 0. The monoisotopic (exact) mass is 251 g/mol. The zero-order valence-corrected chi connectivity index (χ0v) is 10.2. The first-order chi connectivity index (χ1) is 8.42. The first-order valence-electron chi connectivity index (χ1n) is 5.73. The second-order valence-corrected chi connectivity index (χ2v) is 4.26. The van der Waals surface area contributed by atoms with E-state index in [1.807, 2.05) is 0 Å². The van der Waals surface area contributed by atoms with Gasteiger partial charge in [-0.05, 0) is 30.5 Å². The Bertz CT molecular complexity index is 441. The molecule has 0 heterocycles. The Hall–Kier alpha value is -2.04. The van der Waals surface area contributed by atoms with Crippen LogP contribution in [0.5, 0.6) is 0 Å². The van der Waals surface area contributed by atoms with Crippen LogP contribution >= 0.6 is 0 Å². The molecule has 98 valence electrons. The molecule has 0 saturated heterocycles. The predicted molar refractivity (Wildman–Crippen MR) is 67.3 cm³/mol. The van der Waals surface area contributed by atoms with Crippen LogP contribution in [0.1, 0.15) is 31.7 Å². The van der Waals surface area contributed by atoms with Crippen LogP contribution in [0.2, 0.25) is 0 Å². The second kappa shape index (κ2) is 5.53. The molecule has 0 aliphatic heterocycles. The molecule has 0 spiro atoms. The normalized spacial score (nSPS) is 13.8. The maximum Gasteiger partial charge on any atom is 0.314 e. The molecule has 1 rings (SSSR count). The van der Waals surface area contributed by atoms with Crippen LogP contribution in [0.4, 0.5) is 5.69 Å². The Morgan fingerprint density at radius 3 is 2.17 bits per heavy atom. The summed E-state index contributed by atoms with van der Waals surface area (Å²) in [4.78, 5) is 22.2. The van der Waals surface area contributed by atoms with Crippen molar-refractivity contribution in [3.63, 3.8) is 0 Å². The molecule has 1 aromatic rings. The minimum atomic E-state index is -1.16. The lowest BCUT2D eigenvalue weighted by Crippen LogP contribution is -2.35. The first kappa shape index (κ1) is 14.0. The lowest BCUT2D eigenvalue weighted by molar-refractivity contribution is -0.145. The summed E-state index contributed by atoms with van der Waals surface area (Å²) in [6.07, 6.45) is 0.224. The van der Waals surface area contributed by atoms with E-state index in [1.165, 1.54) is 0 Å². The molecule has 1 aromatic carbocycles. The third-order valence-corrected chi connectivity index (χ3v) is 3.24. The molecule has 0 aliphatic rings. The van der Waals surface area contributed by atoms with Crippen molar-refractivity contribution < 1.29 is 19.8 Å². The molecular weight excluding hydrogens is 234 g/mol. The maximum atomic E-state index is 11.5. The fourth-order valence-electron chi connectivity index (χ4n) is 2.03. The van der Waals surface area contributed by atoms with E-state index in [9.17, 15) is 14.7 Å². The Balaban J connectivity index is 3.14. The maximum absolute atomic E-state index is 11.5. The van der Waals surface area contributed by atoms with E-state index in [1.54, 1.807) is 31.2 Å². The molecule has 0 aromatic heterocycles. The standard InChI is InChI=1S/C13H17NO4/c1-2-13(12(17)18,8-7-11(15)16)9-3-5-10(14)6-4-9/h3-6H,2,7-8,14H2,1H3,(H,15,16)(H,17,18)/t13-/m1/s1. The Labute approximate surface area is 105 Å². The van der Waals surface area contributed by atoms with Gasteiger partial charge in [0.1, 0.15) is 0 Å². The van der Waals surface area contributed by atoms with E-state index >= 15 is 0 Å². The van der Waals surface area contributed by atoms with E-state index in [4.69, 9.17) is 10.8 Å². The van der Waals surface area contributed by atoms with E-state index in [2.05, 4.69) is 0 Å². The molecule has 0 fully saturated rings. The molecule has 4 N–H and O–H groups in total. The van der Waals surface area contributed by atoms with Crippen LogP contribution in [-0.4, -0.2) is 22.2 Å². The fraction of sp³-hybridized carbons (Fsp3) is 0.385. The molecule has 0 aliphatic carbocycles. The van der Waals surface area contributed by atoms with Gasteiger partial charge in [0.25, 0.3) is 0 Å². The van der Waals surface area contributed by atoms with Crippen LogP contribution < -0.4 is 5.73 Å². The van der Waals surface area contributed by atoms with Gasteiger partial charge in [0.05, 0.1) is 5.41 Å². The fourth-order valence-corrected chi connectivity index (χ4v) is 2.03. The average Bonchev–Trinajstić information content (AvgIpc) is 2.31. The van der Waals surface area contributed by atoms with Gasteiger partial charge in [-0.15, -0.1) is 0 Å². The lowest BCUT2D eigenvalue weighted by Gasteiger charge is -2.28. The quantitative estimate of drug-likeness (QED) is 0.670. The van der Waals surface area contributed by atoms with E-state index in [0.717, 1.165) is 0 Å². The van der Waals surface area contributed by atoms with Gasteiger partial charge >= 0.3 is 11.9 Å². The van der Waals surface area contributed by atoms with Crippen LogP contribution in [-0.2, 0) is 15.0 Å². The Morgan fingerprint density at radius 2 is 1.78 bits per heavy atom. The Morgan fingerprint density at radius 1 is 1.22 bits per heavy atom. The number of hydrogen-bond donors (Lipinski definition) is 3. The zero-order valence-electron chi connectivity index (χ0n) is 10.2. The SMILES string of the molecule is CC[C@](CCC(=O)O)(C(=O)O)c1ccc(N)cc1. The summed E-state index contributed by atoms with van der Waals surface area (Å²) in [5, 5.41) is 18.2. The van der Waals surface area contributed by atoms with Crippen molar-refractivity contribution in [3.8, 4) is 0 Å². The van der Waals surface area contributed by atoms with Crippen molar-refractivity contribution >= 4 is 17.6 Å². The number of hydrogen-bond acceptors (Lipinski definition) is 3. The number of anilines is 1. The summed E-state index contributed by atoms with van der Waals surface area (Å²) in [6.45, 7) is 1.74. The van der Waals surface area contributed by atoms with Gasteiger partial charge in [0.2, 0.25) is 0 Å². The number of carboxylic acid groups (broad SMARTS) is 2. The molecule has 0 amide bonds. The number of nitrogen functional groups attached to an aromatic ring is 1. The van der Waals surface area contributed by atoms with Crippen molar-refractivity contribution in [2.75, 3.05) is 5.73 Å². The van der Waals surface area contributed by atoms with E-state index < -0.39 is 17.4 Å². The molecule has 5 nitrogen and oxygen atoms in total. The molecule has 1 atom stereocenters. The molecule has 0 radical (unpaired) electrons. The van der Waals surface area contributed by atoms with Crippen molar-refractivity contribution in [2.45, 2.75) is 31.6 Å². The van der Waals surface area contributed by atoms with Crippen molar-refractivity contribution in [3.05, 3.63) is 29.8 Å². The van der Waals surface area contributed by atoms with Gasteiger partial charge in [-0.2, -0.15) is 0 Å². The van der Waals surface area contributed by atoms with Gasteiger partial charge < -0.3 is 15.9 Å². The highest BCUT2D eigenvalue weighted by Gasteiger charge is 2.38. The molecular formula is C13H17NO4. The van der Waals surface area contributed by atoms with Crippen LogP contribution in [0.25, 0.3) is 0 Å². The van der Waals surface area contributed by atoms with Crippen LogP contribution in [0.3, 0.4) is 0 Å². The van der Waals surface area contributed by atoms with Crippen LogP contribution in [0.15, 0.2) is 24.3 Å². The first-order valence-corrected chi connectivity index (χ1v) is 5.73. The van der Waals surface area contributed by atoms with Crippen molar-refractivity contribution in [1.82, 2.24) is 0 Å². The minimum absolute atomic E-state index is 0.0675. The molecule has 18 heavy (non-hydrogen) atoms. The van der Waals surface area contributed by atoms with Crippen LogP contribution in [0, 0.1) is 0 Å². The summed E-state index contributed by atoms with van der Waals surface area (Å²) in [7, 11) is 0. The average molecular weight is 251 g/mol. The van der Waals surface area contributed by atoms with Crippen molar-refractivity contribution in [1.29, 1.82) is 0 Å². The van der Waals surface area contributed by atoms with Crippen molar-refractivity contribution in [2.24, 2.45) is 0 Å². The number of carbonyl (C=O) groups is 2. The molecule has 5 heteroatoms. The largest absolute Gasteiger partial charge is 0.481 e. The van der Waals surface area contributed by atoms with E-state index in [0.29, 0.717) is 17.7 Å². The number of rotatable bonds is 6. The number of nitrogens with two attached hydrogens (primary N) is 1. The smallest absolute Gasteiger partial charge is 0.314 e. The predicted octanol–water partition coefficient (Wildman–Crippen LogP) is 1.87. The van der Waals surface area contributed by atoms with Gasteiger partial charge in [0.15, 0.2) is 0 Å². The van der Waals surface area contributed by atoms with E-state index in [-0.39, 0.29) is 12.8 Å². The summed E-state index contributed by atoms with van der Waals surface area (Å²) in [5.41, 5.74) is 5.55. The highest BCUT2D eigenvalue weighted by molar-refractivity contribution is 5.82. The summed E-state index contributed by atoms with van der Waals surface area (Å²) < 4.78 is 0. The molecule has 0 unspecified atom stereocenters. The molecule has 0 bridgehead atoms. The zero-order chi connectivity index (χ0) is 13.8. The highest BCUT2D eigenvalue weighted by Crippen LogP contribution is 2.34. The lowest BCUT2D eigenvalue weighted by atomic mass is 9.74. The third-order valence-electron chi connectivity index (χ3n) is 3.24. The van der Waals surface area contributed by atoms with Gasteiger partial charge in [-0.3, -0.25) is 9.59 Å². The highest BCUT2D eigenvalue weighted by atomic mass is 16.4. The third kappa shape index (κ3) is 2.80. The number of aliphatic carboxylic acids is 2. The summed E-state index contributed by atoms with van der Waals surface area (Å²) in [6, 6.07) is 6.55. The Kier molecular flexibility index (Phi) is 4.31. The van der Waals surface area contributed by atoms with Gasteiger partial charge in [-0.1, -0.05) is 19.1 Å². The number of benzene rings is 1. The minimum Gasteiger partial charge on any atom is -0.481 e. The second-order valence-electron chi connectivity index (χ2n) is 4.26. The molecule has 0 saturated carbocycles. The topological polar surface area (TPSA) is 101 Å².